The third-order valence-corrected chi connectivity index (χ3v) is 2.75. The number of aliphatic hydroxyl groups excluding tert-OH is 2. The molecule has 1 aromatic carbocycles. The van der Waals surface area contributed by atoms with Crippen LogP contribution < -0.4 is 14.8 Å². The largest absolute Gasteiger partial charge is 0.480 e. The van der Waals surface area contributed by atoms with Crippen molar-refractivity contribution in [1.29, 1.82) is 0 Å². The van der Waals surface area contributed by atoms with Gasteiger partial charge < -0.3 is 19.7 Å². The summed E-state index contributed by atoms with van der Waals surface area (Å²) >= 11 is 0. The molecule has 3 N–H and O–H groups in total. The minimum Gasteiger partial charge on any atom is -0.480 e. The van der Waals surface area contributed by atoms with E-state index in [4.69, 9.17) is 14.6 Å². The summed E-state index contributed by atoms with van der Waals surface area (Å²) in [6.45, 7) is 2.98. The van der Waals surface area contributed by atoms with E-state index in [0.29, 0.717) is 11.3 Å². The predicted octanol–water partition coefficient (Wildman–Crippen LogP) is 0.929. The van der Waals surface area contributed by atoms with Crippen LogP contribution in [0.2, 0.25) is 0 Å². The van der Waals surface area contributed by atoms with Crippen LogP contribution in [0.4, 0.5) is 4.79 Å². The molecule has 1 aliphatic heterocycles. The summed E-state index contributed by atoms with van der Waals surface area (Å²) in [6, 6.07) is 4.93. The molecule has 6 nitrogen and oxygen atoms in total. The molecule has 98 valence electrons. The fraction of sp³-hybridized carbons (Fsp3) is 0.417. The molecule has 0 fully saturated rings. The Kier molecular flexibility index (Phi) is 3.14. The molecular weight excluding hydrogens is 238 g/mol. The number of amides is 1. The van der Waals surface area contributed by atoms with Gasteiger partial charge in [0.25, 0.3) is 0 Å². The van der Waals surface area contributed by atoms with Crippen molar-refractivity contribution in [2.45, 2.75) is 25.6 Å². The number of carbonyl (C=O) groups is 1. The lowest BCUT2D eigenvalue weighted by Crippen LogP contribution is -2.30. The molecule has 1 amide bonds. The molecule has 6 heteroatoms. The highest BCUT2D eigenvalue weighted by atomic mass is 16.6. The van der Waals surface area contributed by atoms with Gasteiger partial charge in [0.15, 0.2) is 11.5 Å². The topological polar surface area (TPSA) is 88.0 Å². The first-order valence-electron chi connectivity index (χ1n) is 5.52. The second kappa shape index (κ2) is 4.47. The zero-order valence-electron chi connectivity index (χ0n) is 10.1. The molecule has 0 saturated carbocycles. The van der Waals surface area contributed by atoms with E-state index in [9.17, 15) is 9.90 Å². The van der Waals surface area contributed by atoms with Gasteiger partial charge in [-0.25, -0.2) is 4.79 Å². The number of benzene rings is 1. The van der Waals surface area contributed by atoms with Crippen molar-refractivity contribution in [2.75, 3.05) is 6.73 Å². The van der Waals surface area contributed by atoms with E-state index in [1.165, 1.54) is 0 Å². The van der Waals surface area contributed by atoms with Gasteiger partial charge in [-0.05, 0) is 19.9 Å². The molecule has 1 heterocycles. The molecule has 0 saturated heterocycles. The Morgan fingerprint density at radius 3 is 2.94 bits per heavy atom. The third kappa shape index (κ3) is 2.12. The summed E-state index contributed by atoms with van der Waals surface area (Å²) in [6.07, 6.45) is -1.56. The first-order chi connectivity index (χ1) is 8.45. The minimum atomic E-state index is -0.784. The van der Waals surface area contributed by atoms with Crippen molar-refractivity contribution in [3.8, 4) is 11.5 Å². The SMILES string of the molecule is CC1(C)Oc2c(OC(=O)NCO)cccc2C1O. The van der Waals surface area contributed by atoms with Crippen LogP contribution in [0.3, 0.4) is 0 Å². The molecule has 2 rings (SSSR count). The smallest absolute Gasteiger partial charge is 0.414 e. The highest BCUT2D eigenvalue weighted by Crippen LogP contribution is 2.47. The Balaban J connectivity index is 2.29. The van der Waals surface area contributed by atoms with E-state index >= 15 is 0 Å². The zero-order chi connectivity index (χ0) is 13.3. The highest BCUT2D eigenvalue weighted by molar-refractivity contribution is 5.71. The normalized spacial score (nSPS) is 19.9. The Morgan fingerprint density at radius 1 is 1.56 bits per heavy atom. The summed E-state index contributed by atoms with van der Waals surface area (Å²) in [4.78, 5) is 11.2. The molecular formula is C12H15NO5. The Labute approximate surface area is 104 Å². The zero-order valence-corrected chi connectivity index (χ0v) is 10.1. The van der Waals surface area contributed by atoms with E-state index < -0.39 is 24.5 Å². The van der Waals surface area contributed by atoms with Gasteiger partial charge in [0, 0.05) is 5.56 Å². The number of fused-ring (bicyclic) bond motifs is 1. The van der Waals surface area contributed by atoms with E-state index in [1.54, 1.807) is 32.0 Å². The van der Waals surface area contributed by atoms with Gasteiger partial charge in [-0.15, -0.1) is 0 Å². The van der Waals surface area contributed by atoms with Gasteiger partial charge in [-0.3, -0.25) is 5.32 Å². The van der Waals surface area contributed by atoms with Gasteiger partial charge in [-0.2, -0.15) is 0 Å². The fourth-order valence-corrected chi connectivity index (χ4v) is 1.83. The maximum atomic E-state index is 11.2. The maximum absolute atomic E-state index is 11.2. The summed E-state index contributed by atoms with van der Waals surface area (Å²) < 4.78 is 10.6. The lowest BCUT2D eigenvalue weighted by molar-refractivity contribution is -0.000198. The monoisotopic (exact) mass is 253 g/mol. The first kappa shape index (κ1) is 12.7. The van der Waals surface area contributed by atoms with Crippen molar-refractivity contribution < 1.29 is 24.5 Å². The Hall–Kier alpha value is -1.79. The van der Waals surface area contributed by atoms with Crippen LogP contribution in [0.5, 0.6) is 11.5 Å². The number of para-hydroxylation sites is 1. The van der Waals surface area contributed by atoms with Crippen molar-refractivity contribution in [2.24, 2.45) is 0 Å². The standard InChI is InChI=1S/C12H15NO5/c1-12(2)10(15)7-4-3-5-8(9(7)18-12)17-11(16)13-6-14/h3-5,10,14-15H,6H2,1-2H3,(H,13,16). The van der Waals surface area contributed by atoms with Crippen molar-refractivity contribution in [1.82, 2.24) is 5.32 Å². The quantitative estimate of drug-likeness (QED) is 0.682. The molecule has 18 heavy (non-hydrogen) atoms. The van der Waals surface area contributed by atoms with Crippen LogP contribution in [0.1, 0.15) is 25.5 Å². The summed E-state index contributed by atoms with van der Waals surface area (Å²) in [5.41, 5.74) is -0.191. The molecule has 1 unspecified atom stereocenters. The van der Waals surface area contributed by atoms with Crippen molar-refractivity contribution in [3.05, 3.63) is 23.8 Å². The van der Waals surface area contributed by atoms with Gasteiger partial charge in [0.2, 0.25) is 0 Å². The van der Waals surface area contributed by atoms with Gasteiger partial charge in [-0.1, -0.05) is 12.1 Å². The average Bonchev–Trinajstić information content (AvgIpc) is 2.53. The molecule has 0 aromatic heterocycles. The molecule has 0 aliphatic carbocycles. The number of rotatable bonds is 2. The number of hydrogen-bond acceptors (Lipinski definition) is 5. The molecule has 1 aromatic rings. The van der Waals surface area contributed by atoms with Crippen molar-refractivity contribution >= 4 is 6.09 Å². The molecule has 1 atom stereocenters. The number of ether oxygens (including phenoxy) is 2. The molecule has 1 aliphatic rings. The van der Waals surface area contributed by atoms with Crippen LogP contribution >= 0.6 is 0 Å². The summed E-state index contributed by atoms with van der Waals surface area (Å²) in [5.74, 6) is 0.561. The van der Waals surface area contributed by atoms with E-state index in [2.05, 4.69) is 5.32 Å². The first-order valence-corrected chi connectivity index (χ1v) is 5.52. The third-order valence-electron chi connectivity index (χ3n) is 2.75. The van der Waals surface area contributed by atoms with Crippen LogP contribution in [0.25, 0.3) is 0 Å². The number of carbonyl (C=O) groups excluding carboxylic acids is 1. The Morgan fingerprint density at radius 2 is 2.28 bits per heavy atom. The van der Waals surface area contributed by atoms with E-state index in [1.807, 2.05) is 0 Å². The van der Waals surface area contributed by atoms with Crippen LogP contribution in [0, 0.1) is 0 Å². The Bertz CT molecular complexity index is 472. The van der Waals surface area contributed by atoms with Crippen LogP contribution in [0.15, 0.2) is 18.2 Å². The second-order valence-electron chi connectivity index (χ2n) is 4.51. The average molecular weight is 253 g/mol. The van der Waals surface area contributed by atoms with E-state index in [-0.39, 0.29) is 5.75 Å². The fourth-order valence-electron chi connectivity index (χ4n) is 1.83. The van der Waals surface area contributed by atoms with Crippen LogP contribution in [-0.4, -0.2) is 28.6 Å². The van der Waals surface area contributed by atoms with Gasteiger partial charge in [0.05, 0.1) is 0 Å². The highest BCUT2D eigenvalue weighted by Gasteiger charge is 2.41. The van der Waals surface area contributed by atoms with Crippen molar-refractivity contribution in [3.63, 3.8) is 0 Å². The summed E-state index contributed by atoms with van der Waals surface area (Å²) in [7, 11) is 0. The van der Waals surface area contributed by atoms with E-state index in [0.717, 1.165) is 0 Å². The number of aliphatic hydroxyl groups is 2. The molecule has 0 spiro atoms. The predicted molar refractivity (Wildman–Crippen MR) is 62.4 cm³/mol. The molecule has 0 bridgehead atoms. The number of hydrogen-bond donors (Lipinski definition) is 3. The minimum absolute atomic E-state index is 0.211. The van der Waals surface area contributed by atoms with Crippen LogP contribution in [-0.2, 0) is 0 Å². The second-order valence-corrected chi connectivity index (χ2v) is 4.51. The maximum Gasteiger partial charge on any atom is 0.414 e. The lowest BCUT2D eigenvalue weighted by atomic mass is 9.98. The summed E-state index contributed by atoms with van der Waals surface area (Å²) in [5, 5.41) is 20.7. The lowest BCUT2D eigenvalue weighted by Gasteiger charge is -2.21. The van der Waals surface area contributed by atoms with Gasteiger partial charge >= 0.3 is 6.09 Å². The molecule has 0 radical (unpaired) electrons. The number of nitrogens with one attached hydrogen (secondary N) is 1. The van der Waals surface area contributed by atoms with Gasteiger partial charge in [0.1, 0.15) is 18.4 Å².